The number of Topliss-reactive ketones (excluding diaryl/α,β-unsaturated/α-hetero) is 1. The number of pyridine rings is 1. The predicted molar refractivity (Wildman–Crippen MR) is 73.0 cm³/mol. The Bertz CT molecular complexity index is 667. The Kier molecular flexibility index (Phi) is 5.37. The number of nitrogens with zero attached hydrogens (tertiary/aromatic N) is 2. The molecule has 0 saturated heterocycles. The number of aromatic nitrogens is 1. The summed E-state index contributed by atoms with van der Waals surface area (Å²) in [6, 6.07) is -1.71. The van der Waals surface area contributed by atoms with E-state index in [-0.39, 0.29) is 11.3 Å². The van der Waals surface area contributed by atoms with E-state index < -0.39 is 37.1 Å². The van der Waals surface area contributed by atoms with Crippen molar-refractivity contribution in [2.24, 2.45) is 4.99 Å². The van der Waals surface area contributed by atoms with Crippen LogP contribution in [0.25, 0.3) is 0 Å². The van der Waals surface area contributed by atoms with Gasteiger partial charge in [-0.05, 0) is 13.8 Å². The first-order chi connectivity index (χ1) is 10.0. The molecular formula is C11H13N2O8P. The maximum Gasteiger partial charge on any atom is 0.524 e. The van der Waals surface area contributed by atoms with Gasteiger partial charge in [0, 0.05) is 6.21 Å². The van der Waals surface area contributed by atoms with Gasteiger partial charge in [-0.2, -0.15) is 0 Å². The molecule has 1 rings (SSSR count). The summed E-state index contributed by atoms with van der Waals surface area (Å²) in [5.41, 5.74) is -0.211. The van der Waals surface area contributed by atoms with Crippen molar-refractivity contribution in [3.05, 3.63) is 17.5 Å². The van der Waals surface area contributed by atoms with E-state index in [1.54, 1.807) is 0 Å². The number of carboxylic acid groups (broad SMARTS) is 1. The number of carbonyl (C=O) groups is 2. The lowest BCUT2D eigenvalue weighted by molar-refractivity contribution is -0.141. The normalized spacial score (nSPS) is 13.1. The standard InChI is InChI=1S/C11H13N2O8P/c1-5-10(15)7(3-13-9(6(2)14)11(16)17)8(4-12-5)21-22(18,19)20/h3-4,9,15H,1-2H3,(H,16,17)(H2,18,19,20)/t9-/m0/s1. The van der Waals surface area contributed by atoms with Crippen molar-refractivity contribution in [3.8, 4) is 11.5 Å². The van der Waals surface area contributed by atoms with E-state index in [9.17, 15) is 19.3 Å². The van der Waals surface area contributed by atoms with Crippen LogP contribution in [0.3, 0.4) is 0 Å². The van der Waals surface area contributed by atoms with Crippen LogP contribution in [-0.2, 0) is 14.2 Å². The predicted octanol–water partition coefficient (Wildman–Crippen LogP) is 0.0282. The van der Waals surface area contributed by atoms with Crippen molar-refractivity contribution in [1.29, 1.82) is 0 Å². The van der Waals surface area contributed by atoms with Gasteiger partial charge in [0.05, 0.1) is 17.5 Å². The number of aryl methyl sites for hydroxylation is 1. The summed E-state index contributed by atoms with van der Waals surface area (Å²) in [4.78, 5) is 46.8. The Balaban J connectivity index is 3.32. The Morgan fingerprint density at radius 2 is 2.05 bits per heavy atom. The maximum absolute atomic E-state index is 11.1. The van der Waals surface area contributed by atoms with Crippen LogP contribution in [0.5, 0.6) is 11.5 Å². The van der Waals surface area contributed by atoms with Gasteiger partial charge >= 0.3 is 13.8 Å². The number of carbonyl (C=O) groups excluding carboxylic acids is 1. The summed E-state index contributed by atoms with van der Waals surface area (Å²) in [5.74, 6) is -3.28. The number of hydrogen-bond donors (Lipinski definition) is 4. The molecular weight excluding hydrogens is 319 g/mol. The Hall–Kier alpha value is -2.29. The summed E-state index contributed by atoms with van der Waals surface area (Å²) >= 11 is 0. The highest BCUT2D eigenvalue weighted by Gasteiger charge is 2.23. The molecule has 0 bridgehead atoms. The fraction of sp³-hybridized carbons (Fsp3) is 0.273. The molecule has 0 aliphatic rings. The van der Waals surface area contributed by atoms with Crippen LogP contribution in [0.2, 0.25) is 0 Å². The molecule has 11 heteroatoms. The third-order valence-corrected chi connectivity index (χ3v) is 2.86. The third-order valence-electron chi connectivity index (χ3n) is 2.43. The molecule has 0 spiro atoms. The number of aliphatic carboxylic acids is 1. The van der Waals surface area contributed by atoms with Crippen LogP contribution in [0.4, 0.5) is 0 Å². The number of phosphoric acid groups is 1. The summed E-state index contributed by atoms with van der Waals surface area (Å²) in [5, 5.41) is 18.7. The van der Waals surface area contributed by atoms with Crippen molar-refractivity contribution in [2.75, 3.05) is 0 Å². The van der Waals surface area contributed by atoms with Gasteiger partial charge in [0.25, 0.3) is 0 Å². The van der Waals surface area contributed by atoms with Crippen LogP contribution in [-0.4, -0.2) is 49.0 Å². The first-order valence-electron chi connectivity index (χ1n) is 5.73. The molecule has 1 heterocycles. The van der Waals surface area contributed by atoms with Crippen molar-refractivity contribution in [3.63, 3.8) is 0 Å². The zero-order valence-electron chi connectivity index (χ0n) is 11.5. The van der Waals surface area contributed by atoms with E-state index in [0.29, 0.717) is 0 Å². The minimum absolute atomic E-state index is 0.0919. The summed E-state index contributed by atoms with van der Waals surface area (Å²) in [6.07, 6.45) is 1.72. The topological polar surface area (TPSA) is 167 Å². The van der Waals surface area contributed by atoms with Gasteiger partial charge in [-0.15, -0.1) is 0 Å². The summed E-state index contributed by atoms with van der Waals surface area (Å²) < 4.78 is 15.2. The van der Waals surface area contributed by atoms with Crippen molar-refractivity contribution >= 4 is 25.8 Å². The van der Waals surface area contributed by atoms with Crippen LogP contribution in [0.15, 0.2) is 11.2 Å². The lowest BCUT2D eigenvalue weighted by atomic mass is 10.2. The highest BCUT2D eigenvalue weighted by Crippen LogP contribution is 2.40. The van der Waals surface area contributed by atoms with Gasteiger partial charge in [-0.1, -0.05) is 0 Å². The molecule has 22 heavy (non-hydrogen) atoms. The second-order valence-corrected chi connectivity index (χ2v) is 5.35. The van der Waals surface area contributed by atoms with E-state index in [1.807, 2.05) is 0 Å². The number of ketones is 1. The number of aliphatic imine (C=N–C) groups is 1. The molecule has 0 unspecified atom stereocenters. The van der Waals surface area contributed by atoms with Gasteiger partial charge in [0.2, 0.25) is 6.04 Å². The molecule has 10 nitrogen and oxygen atoms in total. The number of carboxylic acids is 1. The molecule has 0 saturated carbocycles. The van der Waals surface area contributed by atoms with Crippen molar-refractivity contribution in [1.82, 2.24) is 4.98 Å². The Labute approximate surface area is 124 Å². The largest absolute Gasteiger partial charge is 0.524 e. The smallest absolute Gasteiger partial charge is 0.505 e. The Morgan fingerprint density at radius 1 is 1.45 bits per heavy atom. The molecule has 0 fully saturated rings. The molecule has 1 atom stereocenters. The van der Waals surface area contributed by atoms with Crippen LogP contribution < -0.4 is 4.52 Å². The third kappa shape index (κ3) is 4.62. The zero-order valence-corrected chi connectivity index (χ0v) is 12.4. The quantitative estimate of drug-likeness (QED) is 0.319. The maximum atomic E-state index is 11.1. The van der Waals surface area contributed by atoms with E-state index in [1.165, 1.54) is 6.92 Å². The molecule has 0 radical (unpaired) electrons. The second-order valence-electron chi connectivity index (χ2n) is 4.18. The second kappa shape index (κ2) is 6.65. The number of rotatable bonds is 6. The first-order valence-corrected chi connectivity index (χ1v) is 7.26. The number of phosphoric ester groups is 1. The van der Waals surface area contributed by atoms with E-state index in [0.717, 1.165) is 19.3 Å². The lowest BCUT2D eigenvalue weighted by Gasteiger charge is -2.11. The minimum atomic E-state index is -4.93. The molecule has 0 aliphatic heterocycles. The molecule has 0 amide bonds. The fourth-order valence-electron chi connectivity index (χ4n) is 1.42. The van der Waals surface area contributed by atoms with Crippen LogP contribution in [0.1, 0.15) is 18.2 Å². The van der Waals surface area contributed by atoms with E-state index in [4.69, 9.17) is 14.9 Å². The van der Waals surface area contributed by atoms with Crippen molar-refractivity contribution < 1.29 is 38.7 Å². The molecule has 1 aromatic heterocycles. The first kappa shape index (κ1) is 17.8. The summed E-state index contributed by atoms with van der Waals surface area (Å²) in [6.45, 7) is 2.41. The van der Waals surface area contributed by atoms with E-state index in [2.05, 4.69) is 14.5 Å². The molecule has 0 aromatic carbocycles. The van der Waals surface area contributed by atoms with Crippen LogP contribution in [0, 0.1) is 6.92 Å². The van der Waals surface area contributed by atoms with Crippen molar-refractivity contribution in [2.45, 2.75) is 19.9 Å². The van der Waals surface area contributed by atoms with Gasteiger partial charge in [0.1, 0.15) is 5.75 Å². The van der Waals surface area contributed by atoms with Gasteiger partial charge < -0.3 is 14.7 Å². The van der Waals surface area contributed by atoms with Gasteiger partial charge in [-0.25, -0.2) is 9.36 Å². The zero-order chi connectivity index (χ0) is 17.1. The monoisotopic (exact) mass is 332 g/mol. The molecule has 120 valence electrons. The lowest BCUT2D eigenvalue weighted by Crippen LogP contribution is -2.25. The molecule has 0 aliphatic carbocycles. The molecule has 4 N–H and O–H groups in total. The average molecular weight is 332 g/mol. The summed E-state index contributed by atoms with van der Waals surface area (Å²) in [7, 11) is -4.93. The SMILES string of the molecule is CC(=O)[C@H](N=Cc1c(OP(=O)(O)O)cnc(C)c1O)C(=O)O. The van der Waals surface area contributed by atoms with E-state index >= 15 is 0 Å². The number of aromatic hydroxyl groups is 1. The van der Waals surface area contributed by atoms with Gasteiger partial charge in [0.15, 0.2) is 11.5 Å². The van der Waals surface area contributed by atoms with Crippen LogP contribution >= 0.6 is 7.82 Å². The Morgan fingerprint density at radius 3 is 2.50 bits per heavy atom. The molecule has 1 aromatic rings. The minimum Gasteiger partial charge on any atom is -0.505 e. The van der Waals surface area contributed by atoms with Gasteiger partial charge in [-0.3, -0.25) is 24.6 Å². The highest BCUT2D eigenvalue weighted by molar-refractivity contribution is 7.46. The number of hydrogen-bond acceptors (Lipinski definition) is 7. The fourth-order valence-corrected chi connectivity index (χ4v) is 1.82. The highest BCUT2D eigenvalue weighted by atomic mass is 31.2. The average Bonchev–Trinajstić information content (AvgIpc) is 2.35.